The van der Waals surface area contributed by atoms with Gasteiger partial charge in [-0.1, -0.05) is 18.1 Å². The molecule has 0 spiro atoms. The van der Waals surface area contributed by atoms with Crippen LogP contribution >= 0.6 is 0 Å². The van der Waals surface area contributed by atoms with Gasteiger partial charge in [0, 0.05) is 36.4 Å². The predicted octanol–water partition coefficient (Wildman–Crippen LogP) is 4.88. The van der Waals surface area contributed by atoms with Crippen molar-refractivity contribution in [3.8, 4) is 24.2 Å². The van der Waals surface area contributed by atoms with E-state index in [4.69, 9.17) is 15.9 Å². The number of allylic oxidation sites excluding steroid dienone is 2. The van der Waals surface area contributed by atoms with Crippen molar-refractivity contribution in [3.63, 3.8) is 0 Å². The second-order valence-corrected chi connectivity index (χ2v) is 11.5. The molecule has 0 bridgehead atoms. The van der Waals surface area contributed by atoms with Crippen LogP contribution in [0.2, 0.25) is 0 Å². The Morgan fingerprint density at radius 3 is 2.44 bits per heavy atom. The van der Waals surface area contributed by atoms with E-state index in [1.54, 1.807) is 24.3 Å². The second kappa shape index (κ2) is 17.1. The zero-order valence-corrected chi connectivity index (χ0v) is 24.9. The number of nitrogens with one attached hydrogen (secondary N) is 3. The van der Waals surface area contributed by atoms with Crippen LogP contribution in [0.3, 0.4) is 0 Å². The van der Waals surface area contributed by atoms with E-state index >= 15 is 0 Å². The first-order valence-corrected chi connectivity index (χ1v) is 14.4. The molecule has 1 atom stereocenters. The van der Waals surface area contributed by atoms with Crippen molar-refractivity contribution in [2.75, 3.05) is 19.7 Å². The molecular weight excluding hydrogens is 518 g/mol. The van der Waals surface area contributed by atoms with E-state index in [1.165, 1.54) is 0 Å². The maximum absolute atomic E-state index is 12.7. The maximum Gasteiger partial charge on any atom is 0.407 e. The highest BCUT2D eigenvalue weighted by Crippen LogP contribution is 2.18. The van der Waals surface area contributed by atoms with Gasteiger partial charge in [-0.25, -0.2) is 4.79 Å². The SMILES string of the molecule is C#CC#Cc1ccc(C(=O)NC(C)(C)CCOC(C)(C)CC(=O)NCCCNC(=O)OC2CC/C=C/CCC2)cc1. The van der Waals surface area contributed by atoms with Gasteiger partial charge >= 0.3 is 6.09 Å². The molecule has 0 aliphatic heterocycles. The summed E-state index contributed by atoms with van der Waals surface area (Å²) >= 11 is 0. The third kappa shape index (κ3) is 14.4. The van der Waals surface area contributed by atoms with E-state index in [-0.39, 0.29) is 24.3 Å². The van der Waals surface area contributed by atoms with Gasteiger partial charge in [0.1, 0.15) is 6.10 Å². The number of terminal acetylenes is 1. The molecule has 0 saturated carbocycles. The molecule has 1 aromatic rings. The second-order valence-electron chi connectivity index (χ2n) is 11.5. The topological polar surface area (TPSA) is 106 Å². The molecule has 41 heavy (non-hydrogen) atoms. The number of hydrogen-bond acceptors (Lipinski definition) is 5. The molecule has 8 heteroatoms. The standard InChI is InChI=1S/C33H45N3O5/c1-6-7-14-26-17-19-27(20-18-26)30(38)36-32(2,3)21-24-40-33(4,5)25-29(37)34-22-13-23-35-31(39)41-28-15-11-9-8-10-12-16-28/h1,8-9,17-20,28H,10-13,15-16,21-25H2,2-5H3,(H,34,37)(H,35,39)(H,36,38)/b9-8+. The van der Waals surface area contributed by atoms with Gasteiger partial charge < -0.3 is 25.4 Å². The van der Waals surface area contributed by atoms with Crippen LogP contribution in [-0.4, -0.2) is 54.8 Å². The van der Waals surface area contributed by atoms with E-state index < -0.39 is 17.2 Å². The molecule has 1 aliphatic rings. The normalized spacial score (nSPS) is 16.0. The lowest BCUT2D eigenvalue weighted by molar-refractivity contribution is -0.127. The molecule has 0 saturated heterocycles. The molecule has 1 aromatic carbocycles. The molecule has 0 fully saturated rings. The fourth-order valence-electron chi connectivity index (χ4n) is 4.28. The number of amides is 3. The Labute approximate surface area is 245 Å². The summed E-state index contributed by atoms with van der Waals surface area (Å²) < 4.78 is 11.5. The quantitative estimate of drug-likeness (QED) is 0.180. The first-order chi connectivity index (χ1) is 19.5. The molecule has 3 N–H and O–H groups in total. The number of rotatable bonds is 13. The number of carbonyl (C=O) groups excluding carboxylic acids is 3. The van der Waals surface area contributed by atoms with Crippen molar-refractivity contribution in [2.24, 2.45) is 0 Å². The first kappa shape index (κ1) is 33.5. The summed E-state index contributed by atoms with van der Waals surface area (Å²) in [5.41, 5.74) is 0.0854. The third-order valence-electron chi connectivity index (χ3n) is 6.62. The summed E-state index contributed by atoms with van der Waals surface area (Å²) in [4.78, 5) is 37.2. The van der Waals surface area contributed by atoms with Crippen LogP contribution in [0.5, 0.6) is 0 Å². The van der Waals surface area contributed by atoms with Crippen LogP contribution < -0.4 is 16.0 Å². The van der Waals surface area contributed by atoms with E-state index in [1.807, 2.05) is 27.7 Å². The number of benzene rings is 1. The van der Waals surface area contributed by atoms with Crippen molar-refractivity contribution in [2.45, 2.75) is 96.3 Å². The summed E-state index contributed by atoms with van der Waals surface area (Å²) in [7, 11) is 0. The highest BCUT2D eigenvalue weighted by atomic mass is 16.6. The summed E-state index contributed by atoms with van der Waals surface area (Å²) in [6, 6.07) is 6.93. The summed E-state index contributed by atoms with van der Waals surface area (Å²) in [6.45, 7) is 8.84. The Kier molecular flexibility index (Phi) is 14.0. The van der Waals surface area contributed by atoms with Gasteiger partial charge in [0.05, 0.1) is 12.0 Å². The molecule has 8 nitrogen and oxygen atoms in total. The summed E-state index contributed by atoms with van der Waals surface area (Å²) in [6.07, 6.45) is 15.1. The van der Waals surface area contributed by atoms with Crippen molar-refractivity contribution >= 4 is 17.9 Å². The number of ether oxygens (including phenoxy) is 2. The Morgan fingerprint density at radius 1 is 1.00 bits per heavy atom. The highest BCUT2D eigenvalue weighted by molar-refractivity contribution is 5.94. The Bertz CT molecular complexity index is 1140. The smallest absolute Gasteiger partial charge is 0.407 e. The minimum absolute atomic E-state index is 0.0402. The van der Waals surface area contributed by atoms with Gasteiger partial charge in [0.25, 0.3) is 5.91 Å². The molecule has 3 amide bonds. The zero-order chi connectivity index (χ0) is 30.1. The van der Waals surface area contributed by atoms with Crippen LogP contribution in [-0.2, 0) is 14.3 Å². The van der Waals surface area contributed by atoms with Gasteiger partial charge in [-0.05, 0) is 109 Å². The van der Waals surface area contributed by atoms with Gasteiger partial charge in [-0.3, -0.25) is 9.59 Å². The maximum atomic E-state index is 12.7. The third-order valence-corrected chi connectivity index (χ3v) is 6.62. The van der Waals surface area contributed by atoms with Gasteiger partial charge in [-0.15, -0.1) is 6.42 Å². The Balaban J connectivity index is 1.62. The summed E-state index contributed by atoms with van der Waals surface area (Å²) in [5, 5.41) is 8.68. The lowest BCUT2D eigenvalue weighted by atomic mass is 9.99. The van der Waals surface area contributed by atoms with Crippen LogP contribution in [0.1, 0.15) is 95.0 Å². The summed E-state index contributed by atoms with van der Waals surface area (Å²) in [5.74, 6) is 7.32. The van der Waals surface area contributed by atoms with Crippen LogP contribution in [0.4, 0.5) is 4.79 Å². The van der Waals surface area contributed by atoms with Crippen LogP contribution in [0.25, 0.3) is 0 Å². The van der Waals surface area contributed by atoms with E-state index in [9.17, 15) is 14.4 Å². The Morgan fingerprint density at radius 2 is 1.71 bits per heavy atom. The molecule has 0 heterocycles. The fourth-order valence-corrected chi connectivity index (χ4v) is 4.28. The van der Waals surface area contributed by atoms with Crippen molar-refractivity contribution in [1.82, 2.24) is 16.0 Å². The molecular formula is C33H45N3O5. The predicted molar refractivity (Wildman–Crippen MR) is 161 cm³/mol. The van der Waals surface area contributed by atoms with E-state index in [0.717, 1.165) is 37.7 Å². The first-order valence-electron chi connectivity index (χ1n) is 14.4. The minimum Gasteiger partial charge on any atom is -0.446 e. The molecule has 222 valence electrons. The van der Waals surface area contributed by atoms with Crippen molar-refractivity contribution < 1.29 is 23.9 Å². The highest BCUT2D eigenvalue weighted by Gasteiger charge is 2.26. The lowest BCUT2D eigenvalue weighted by Crippen LogP contribution is -2.45. The van der Waals surface area contributed by atoms with Gasteiger partial charge in [0.15, 0.2) is 0 Å². The van der Waals surface area contributed by atoms with E-state index in [2.05, 4.69) is 45.9 Å². The van der Waals surface area contributed by atoms with E-state index in [0.29, 0.717) is 38.1 Å². The lowest BCUT2D eigenvalue weighted by Gasteiger charge is -2.30. The average molecular weight is 564 g/mol. The molecule has 1 aliphatic carbocycles. The van der Waals surface area contributed by atoms with Gasteiger partial charge in [0.2, 0.25) is 5.91 Å². The Hall–Kier alpha value is -3.75. The van der Waals surface area contributed by atoms with Crippen molar-refractivity contribution in [3.05, 3.63) is 47.5 Å². The van der Waals surface area contributed by atoms with Crippen molar-refractivity contribution in [1.29, 1.82) is 0 Å². The minimum atomic E-state index is -0.672. The zero-order valence-electron chi connectivity index (χ0n) is 24.9. The largest absolute Gasteiger partial charge is 0.446 e. The average Bonchev–Trinajstić information content (AvgIpc) is 2.88. The van der Waals surface area contributed by atoms with Gasteiger partial charge in [-0.2, -0.15) is 0 Å². The fraction of sp³-hybridized carbons (Fsp3) is 0.545. The monoisotopic (exact) mass is 563 g/mol. The molecule has 2 rings (SSSR count). The molecule has 1 unspecified atom stereocenters. The molecule has 0 aromatic heterocycles. The van der Waals surface area contributed by atoms with Crippen LogP contribution in [0.15, 0.2) is 36.4 Å². The molecule has 0 radical (unpaired) electrons. The number of hydrogen-bond donors (Lipinski definition) is 3. The van der Waals surface area contributed by atoms with Crippen LogP contribution in [0, 0.1) is 24.2 Å². The number of alkyl carbamates (subject to hydrolysis) is 1. The number of carbonyl (C=O) groups is 3.